The number of benzene rings is 2. The van der Waals surface area contributed by atoms with E-state index < -0.39 is 0 Å². The van der Waals surface area contributed by atoms with Gasteiger partial charge in [0.1, 0.15) is 5.75 Å². The summed E-state index contributed by atoms with van der Waals surface area (Å²) >= 11 is 0. The molecule has 0 aliphatic heterocycles. The summed E-state index contributed by atoms with van der Waals surface area (Å²) in [5.41, 5.74) is 2.81. The number of likely N-dealkylation sites (N-methyl/N-ethyl adjacent to an activating group) is 1. The van der Waals surface area contributed by atoms with Gasteiger partial charge in [-0.2, -0.15) is 0 Å². The summed E-state index contributed by atoms with van der Waals surface area (Å²) in [4.78, 5) is 14.2. The van der Waals surface area contributed by atoms with Crippen LogP contribution in [0.4, 0.5) is 5.69 Å². The van der Waals surface area contributed by atoms with Gasteiger partial charge in [-0.1, -0.05) is 29.8 Å². The van der Waals surface area contributed by atoms with Crippen molar-refractivity contribution < 1.29 is 9.53 Å². The van der Waals surface area contributed by atoms with Crippen molar-refractivity contribution in [1.29, 1.82) is 0 Å². The van der Waals surface area contributed by atoms with Crippen molar-refractivity contribution in [3.8, 4) is 5.75 Å². The van der Waals surface area contributed by atoms with Crippen LogP contribution in [0.2, 0.25) is 0 Å². The van der Waals surface area contributed by atoms with Crippen LogP contribution in [0.15, 0.2) is 48.5 Å². The highest BCUT2D eigenvalue weighted by Gasteiger charge is 2.10. The molecule has 0 atom stereocenters. The molecular formula is C17H19NO2. The minimum absolute atomic E-state index is 0.110. The van der Waals surface area contributed by atoms with Crippen molar-refractivity contribution in [3.05, 3.63) is 59.7 Å². The number of hydrogen-bond donors (Lipinski definition) is 0. The lowest BCUT2D eigenvalue weighted by Gasteiger charge is -2.19. The van der Waals surface area contributed by atoms with E-state index in [0.717, 1.165) is 22.6 Å². The van der Waals surface area contributed by atoms with E-state index in [2.05, 4.69) is 0 Å². The van der Waals surface area contributed by atoms with Crippen LogP contribution in [0.5, 0.6) is 5.75 Å². The first kappa shape index (κ1) is 14.1. The van der Waals surface area contributed by atoms with Gasteiger partial charge in [-0.3, -0.25) is 4.79 Å². The third kappa shape index (κ3) is 3.38. The number of carbonyl (C=O) groups excluding carboxylic acids is 1. The molecule has 0 amide bonds. The molecule has 0 aromatic heterocycles. The average molecular weight is 269 g/mol. The van der Waals surface area contributed by atoms with Crippen molar-refractivity contribution >= 4 is 11.5 Å². The number of Topliss-reactive ketones (excluding diaryl/α,β-unsaturated/α-hetero) is 1. The number of hydrogen-bond acceptors (Lipinski definition) is 3. The Morgan fingerprint density at radius 3 is 2.60 bits per heavy atom. The van der Waals surface area contributed by atoms with Crippen LogP contribution in [-0.4, -0.2) is 26.5 Å². The van der Waals surface area contributed by atoms with Crippen LogP contribution in [-0.2, 0) is 0 Å². The van der Waals surface area contributed by atoms with Crippen LogP contribution in [0.1, 0.15) is 15.9 Å². The summed E-state index contributed by atoms with van der Waals surface area (Å²) in [6, 6.07) is 15.4. The normalized spacial score (nSPS) is 10.2. The van der Waals surface area contributed by atoms with Crippen molar-refractivity contribution in [2.24, 2.45) is 0 Å². The lowest BCUT2D eigenvalue weighted by atomic mass is 10.1. The van der Waals surface area contributed by atoms with Gasteiger partial charge in [0.05, 0.1) is 13.7 Å². The zero-order valence-electron chi connectivity index (χ0n) is 12.1. The van der Waals surface area contributed by atoms with Gasteiger partial charge in [0, 0.05) is 24.4 Å². The molecule has 2 rings (SSSR count). The van der Waals surface area contributed by atoms with Crippen LogP contribution >= 0.6 is 0 Å². The number of ether oxygens (including phenoxy) is 1. The first-order valence-corrected chi connectivity index (χ1v) is 6.55. The zero-order chi connectivity index (χ0) is 14.5. The van der Waals surface area contributed by atoms with Crippen LogP contribution < -0.4 is 9.64 Å². The summed E-state index contributed by atoms with van der Waals surface area (Å²) in [5.74, 6) is 0.899. The van der Waals surface area contributed by atoms with Crippen molar-refractivity contribution in [1.82, 2.24) is 0 Å². The molecule has 0 saturated heterocycles. The Bertz CT molecular complexity index is 607. The predicted molar refractivity (Wildman–Crippen MR) is 81.8 cm³/mol. The number of aryl methyl sites for hydroxylation is 1. The molecule has 0 bridgehead atoms. The van der Waals surface area contributed by atoms with E-state index >= 15 is 0 Å². The molecule has 2 aromatic rings. The Hall–Kier alpha value is -2.29. The topological polar surface area (TPSA) is 29.5 Å². The fraction of sp³-hybridized carbons (Fsp3) is 0.235. The minimum atomic E-state index is 0.110. The lowest BCUT2D eigenvalue weighted by molar-refractivity contribution is 0.1000. The number of methoxy groups -OCH3 is 1. The van der Waals surface area contributed by atoms with Crippen molar-refractivity contribution in [2.75, 3.05) is 25.6 Å². The summed E-state index contributed by atoms with van der Waals surface area (Å²) in [6.07, 6.45) is 0. The molecule has 0 unspecified atom stereocenters. The Labute approximate surface area is 119 Å². The Morgan fingerprint density at radius 1 is 1.15 bits per heavy atom. The highest BCUT2D eigenvalue weighted by atomic mass is 16.5. The van der Waals surface area contributed by atoms with Gasteiger partial charge < -0.3 is 9.64 Å². The fourth-order valence-electron chi connectivity index (χ4n) is 2.06. The standard InChI is InChI=1S/C17H19NO2/c1-13-6-4-7-14(10-13)17(19)12-18(2)15-8-5-9-16(11-15)20-3/h4-11H,12H2,1-3H3. The molecule has 104 valence electrons. The summed E-state index contributed by atoms with van der Waals surface area (Å²) in [5, 5.41) is 0. The molecule has 0 radical (unpaired) electrons. The van der Waals surface area contributed by atoms with E-state index in [9.17, 15) is 4.79 Å². The van der Waals surface area contributed by atoms with E-state index in [-0.39, 0.29) is 5.78 Å². The molecule has 0 fully saturated rings. The van der Waals surface area contributed by atoms with Gasteiger partial charge in [-0.05, 0) is 25.1 Å². The maximum absolute atomic E-state index is 12.3. The van der Waals surface area contributed by atoms with Gasteiger partial charge >= 0.3 is 0 Å². The number of ketones is 1. The molecule has 0 saturated carbocycles. The first-order chi connectivity index (χ1) is 9.60. The zero-order valence-corrected chi connectivity index (χ0v) is 12.1. The summed E-state index contributed by atoms with van der Waals surface area (Å²) in [7, 11) is 3.54. The molecule has 0 spiro atoms. The van der Waals surface area contributed by atoms with Crippen LogP contribution in [0.3, 0.4) is 0 Å². The van der Waals surface area contributed by atoms with Gasteiger partial charge in [-0.15, -0.1) is 0 Å². The molecular weight excluding hydrogens is 250 g/mol. The van der Waals surface area contributed by atoms with Gasteiger partial charge in [0.25, 0.3) is 0 Å². The molecule has 3 heteroatoms. The number of rotatable bonds is 5. The number of anilines is 1. The molecule has 20 heavy (non-hydrogen) atoms. The molecule has 0 aliphatic rings. The van der Waals surface area contributed by atoms with E-state index in [4.69, 9.17) is 4.74 Å². The fourth-order valence-corrected chi connectivity index (χ4v) is 2.06. The van der Waals surface area contributed by atoms with Crippen LogP contribution in [0.25, 0.3) is 0 Å². The summed E-state index contributed by atoms with van der Waals surface area (Å²) in [6.45, 7) is 2.33. The number of carbonyl (C=O) groups is 1. The van der Waals surface area contributed by atoms with E-state index in [1.54, 1.807) is 7.11 Å². The van der Waals surface area contributed by atoms with E-state index in [0.29, 0.717) is 6.54 Å². The second kappa shape index (κ2) is 6.24. The first-order valence-electron chi connectivity index (χ1n) is 6.55. The minimum Gasteiger partial charge on any atom is -0.497 e. The Balaban J connectivity index is 2.10. The SMILES string of the molecule is COc1cccc(N(C)CC(=O)c2cccc(C)c2)c1. The third-order valence-electron chi connectivity index (χ3n) is 3.21. The Kier molecular flexibility index (Phi) is 4.41. The van der Waals surface area contributed by atoms with Gasteiger partial charge in [-0.25, -0.2) is 0 Å². The van der Waals surface area contributed by atoms with Gasteiger partial charge in [0.2, 0.25) is 0 Å². The molecule has 3 nitrogen and oxygen atoms in total. The molecule has 0 heterocycles. The maximum Gasteiger partial charge on any atom is 0.182 e. The van der Waals surface area contributed by atoms with Crippen LogP contribution in [0, 0.1) is 6.92 Å². The van der Waals surface area contributed by atoms with Gasteiger partial charge in [0.15, 0.2) is 5.78 Å². The second-order valence-corrected chi connectivity index (χ2v) is 4.85. The quantitative estimate of drug-likeness (QED) is 0.780. The lowest BCUT2D eigenvalue weighted by Crippen LogP contribution is -2.25. The molecule has 2 aromatic carbocycles. The third-order valence-corrected chi connectivity index (χ3v) is 3.21. The highest BCUT2D eigenvalue weighted by molar-refractivity contribution is 5.99. The van der Waals surface area contributed by atoms with Crippen molar-refractivity contribution in [2.45, 2.75) is 6.92 Å². The number of nitrogens with zero attached hydrogens (tertiary/aromatic N) is 1. The molecule has 0 N–H and O–H groups in total. The average Bonchev–Trinajstić information content (AvgIpc) is 2.47. The Morgan fingerprint density at radius 2 is 1.90 bits per heavy atom. The molecule has 0 aliphatic carbocycles. The predicted octanol–water partition coefficient (Wildman–Crippen LogP) is 3.32. The van der Waals surface area contributed by atoms with E-state index in [1.807, 2.05) is 67.4 Å². The largest absolute Gasteiger partial charge is 0.497 e. The van der Waals surface area contributed by atoms with Crippen molar-refractivity contribution in [3.63, 3.8) is 0 Å². The maximum atomic E-state index is 12.3. The monoisotopic (exact) mass is 269 g/mol. The highest BCUT2D eigenvalue weighted by Crippen LogP contribution is 2.20. The second-order valence-electron chi connectivity index (χ2n) is 4.85. The van der Waals surface area contributed by atoms with E-state index in [1.165, 1.54) is 0 Å². The summed E-state index contributed by atoms with van der Waals surface area (Å²) < 4.78 is 5.20. The smallest absolute Gasteiger partial charge is 0.182 e.